The van der Waals surface area contributed by atoms with E-state index in [0.717, 1.165) is 12.8 Å². The lowest BCUT2D eigenvalue weighted by molar-refractivity contribution is 0.0853. The zero-order chi connectivity index (χ0) is 12.4. The predicted octanol–water partition coefficient (Wildman–Crippen LogP) is 2.67. The van der Waals surface area contributed by atoms with Crippen molar-refractivity contribution in [2.24, 2.45) is 11.1 Å². The summed E-state index contributed by atoms with van der Waals surface area (Å²) < 4.78 is 24.6. The van der Waals surface area contributed by atoms with E-state index in [2.05, 4.69) is 5.32 Å². The fraction of sp³-hybridized carbons (Fsp3) is 1.00. The molecule has 0 saturated heterocycles. The normalized spacial score (nSPS) is 26.8. The van der Waals surface area contributed by atoms with Crippen LogP contribution in [0, 0.1) is 5.41 Å². The molecule has 3 N–H and O–H groups in total. The second-order valence-electron chi connectivity index (χ2n) is 5.96. The molecule has 0 unspecified atom stereocenters. The van der Waals surface area contributed by atoms with Gasteiger partial charge in [-0.1, -0.05) is 12.8 Å². The van der Waals surface area contributed by atoms with E-state index < -0.39 is 6.43 Å². The molecule has 0 aromatic rings. The Morgan fingerprint density at radius 2 is 1.59 bits per heavy atom. The minimum Gasteiger partial charge on any atom is -0.329 e. The summed E-state index contributed by atoms with van der Waals surface area (Å²) in [5.41, 5.74) is 6.12. The highest BCUT2D eigenvalue weighted by Crippen LogP contribution is 2.50. The quantitative estimate of drug-likeness (QED) is 0.800. The maximum Gasteiger partial charge on any atom is 0.250 e. The summed E-state index contributed by atoms with van der Waals surface area (Å²) in [5, 5.41) is 3.02. The van der Waals surface area contributed by atoms with Gasteiger partial charge < -0.3 is 11.1 Å². The van der Waals surface area contributed by atoms with Crippen LogP contribution < -0.4 is 11.1 Å². The van der Waals surface area contributed by atoms with Gasteiger partial charge >= 0.3 is 0 Å². The Kier molecular flexibility index (Phi) is 4.03. The number of rotatable bonds is 4. The molecule has 0 atom stereocenters. The van der Waals surface area contributed by atoms with E-state index in [1.807, 2.05) is 0 Å². The van der Waals surface area contributed by atoms with Crippen LogP contribution in [0.2, 0.25) is 0 Å². The van der Waals surface area contributed by atoms with E-state index in [1.54, 1.807) is 0 Å². The minimum atomic E-state index is -2.28. The molecule has 4 heteroatoms. The van der Waals surface area contributed by atoms with Gasteiger partial charge in [0.25, 0.3) is 6.43 Å². The van der Waals surface area contributed by atoms with Crippen LogP contribution in [0.5, 0.6) is 0 Å². The summed E-state index contributed by atoms with van der Waals surface area (Å²) in [6.07, 6.45) is 7.36. The number of hydrogen-bond acceptors (Lipinski definition) is 2. The van der Waals surface area contributed by atoms with Crippen molar-refractivity contribution in [1.29, 1.82) is 0 Å². The Morgan fingerprint density at radius 3 is 2.06 bits per heavy atom. The van der Waals surface area contributed by atoms with Gasteiger partial charge in [-0.2, -0.15) is 0 Å². The van der Waals surface area contributed by atoms with Crippen molar-refractivity contribution >= 4 is 0 Å². The molecule has 2 aliphatic rings. The van der Waals surface area contributed by atoms with Gasteiger partial charge in [-0.3, -0.25) is 0 Å². The molecule has 2 saturated carbocycles. The van der Waals surface area contributed by atoms with E-state index in [9.17, 15) is 8.78 Å². The van der Waals surface area contributed by atoms with E-state index in [4.69, 9.17) is 5.73 Å². The Morgan fingerprint density at radius 1 is 1.00 bits per heavy atom. The van der Waals surface area contributed by atoms with Crippen LogP contribution in [0.25, 0.3) is 0 Å². The fourth-order valence-corrected chi connectivity index (χ4v) is 3.63. The van der Waals surface area contributed by atoms with E-state index in [1.165, 1.54) is 38.5 Å². The van der Waals surface area contributed by atoms with Crippen molar-refractivity contribution < 1.29 is 8.78 Å². The topological polar surface area (TPSA) is 38.0 Å². The molecule has 2 aliphatic carbocycles. The van der Waals surface area contributed by atoms with Gasteiger partial charge in [0.2, 0.25) is 0 Å². The highest BCUT2D eigenvalue weighted by molar-refractivity contribution is 5.00. The van der Waals surface area contributed by atoms with Gasteiger partial charge in [0.05, 0.1) is 6.54 Å². The summed E-state index contributed by atoms with van der Waals surface area (Å²) in [5.74, 6) is 0. The molecule has 0 bridgehead atoms. The second-order valence-corrected chi connectivity index (χ2v) is 5.96. The van der Waals surface area contributed by atoms with Crippen LogP contribution in [-0.4, -0.2) is 25.1 Å². The van der Waals surface area contributed by atoms with Crippen LogP contribution in [-0.2, 0) is 0 Å². The summed E-state index contributed by atoms with van der Waals surface area (Å²) in [6, 6.07) is 0. The largest absolute Gasteiger partial charge is 0.329 e. The molecule has 100 valence electrons. The molecule has 0 aromatic carbocycles. The van der Waals surface area contributed by atoms with Crippen molar-refractivity contribution in [2.75, 3.05) is 13.1 Å². The van der Waals surface area contributed by atoms with Crippen molar-refractivity contribution in [3.8, 4) is 0 Å². The van der Waals surface area contributed by atoms with Crippen molar-refractivity contribution in [3.63, 3.8) is 0 Å². The molecule has 0 heterocycles. The number of hydrogen-bond donors (Lipinski definition) is 2. The van der Waals surface area contributed by atoms with Gasteiger partial charge in [0, 0.05) is 12.1 Å². The van der Waals surface area contributed by atoms with Crippen LogP contribution in [0.3, 0.4) is 0 Å². The van der Waals surface area contributed by atoms with Crippen LogP contribution in [0.1, 0.15) is 51.4 Å². The zero-order valence-corrected chi connectivity index (χ0v) is 10.5. The van der Waals surface area contributed by atoms with Crippen LogP contribution in [0.4, 0.5) is 8.78 Å². The van der Waals surface area contributed by atoms with Crippen molar-refractivity contribution in [1.82, 2.24) is 5.32 Å². The van der Waals surface area contributed by atoms with Crippen LogP contribution >= 0.6 is 0 Å². The highest BCUT2D eigenvalue weighted by atomic mass is 19.3. The van der Waals surface area contributed by atoms with Gasteiger partial charge in [-0.05, 0) is 43.9 Å². The zero-order valence-electron chi connectivity index (χ0n) is 10.5. The maximum absolute atomic E-state index is 12.3. The third kappa shape index (κ3) is 2.97. The Labute approximate surface area is 102 Å². The molecule has 17 heavy (non-hydrogen) atoms. The van der Waals surface area contributed by atoms with Gasteiger partial charge in [0.15, 0.2) is 0 Å². The first-order valence-electron chi connectivity index (χ1n) is 6.83. The Balaban J connectivity index is 1.89. The number of nitrogens with one attached hydrogen (secondary N) is 1. The molecular weight excluding hydrogens is 222 g/mol. The van der Waals surface area contributed by atoms with E-state index >= 15 is 0 Å². The lowest BCUT2D eigenvalue weighted by Crippen LogP contribution is -2.55. The standard InChI is InChI=1S/C13H24F2N2/c14-11(15)9-17-13(10-16)7-5-12(6-8-13)3-1-2-4-12/h11,17H,1-10,16H2. The molecule has 0 aliphatic heterocycles. The first kappa shape index (κ1) is 13.2. The van der Waals surface area contributed by atoms with Crippen molar-refractivity contribution in [3.05, 3.63) is 0 Å². The summed E-state index contributed by atoms with van der Waals surface area (Å²) in [7, 11) is 0. The highest BCUT2D eigenvalue weighted by Gasteiger charge is 2.43. The Hall–Kier alpha value is -0.220. The summed E-state index contributed by atoms with van der Waals surface area (Å²) >= 11 is 0. The van der Waals surface area contributed by atoms with E-state index in [-0.39, 0.29) is 12.1 Å². The number of nitrogens with two attached hydrogens (primary N) is 1. The van der Waals surface area contributed by atoms with Gasteiger partial charge in [-0.15, -0.1) is 0 Å². The third-order valence-corrected chi connectivity index (χ3v) is 4.95. The molecule has 1 spiro atoms. The third-order valence-electron chi connectivity index (χ3n) is 4.95. The lowest BCUT2D eigenvalue weighted by atomic mass is 9.66. The monoisotopic (exact) mass is 246 g/mol. The molecule has 0 radical (unpaired) electrons. The average molecular weight is 246 g/mol. The molecule has 2 fully saturated rings. The summed E-state index contributed by atoms with van der Waals surface area (Å²) in [6.45, 7) is 0.264. The molecule has 0 amide bonds. The first-order chi connectivity index (χ1) is 8.10. The molecule has 0 aromatic heterocycles. The SMILES string of the molecule is NCC1(NCC(F)F)CCC2(CCCC2)CC1. The Bertz CT molecular complexity index is 240. The number of halogens is 2. The van der Waals surface area contributed by atoms with Crippen molar-refractivity contribution in [2.45, 2.75) is 63.3 Å². The van der Waals surface area contributed by atoms with Gasteiger partial charge in [-0.25, -0.2) is 8.78 Å². The predicted molar refractivity (Wildman–Crippen MR) is 65.2 cm³/mol. The lowest BCUT2D eigenvalue weighted by Gasteiger charge is -2.45. The number of alkyl halides is 2. The smallest absolute Gasteiger partial charge is 0.250 e. The molecule has 2 rings (SSSR count). The van der Waals surface area contributed by atoms with Gasteiger partial charge in [0.1, 0.15) is 0 Å². The minimum absolute atomic E-state index is 0.218. The molecule has 2 nitrogen and oxygen atoms in total. The maximum atomic E-state index is 12.3. The van der Waals surface area contributed by atoms with Crippen LogP contribution in [0.15, 0.2) is 0 Å². The average Bonchev–Trinajstić information content (AvgIpc) is 2.78. The first-order valence-corrected chi connectivity index (χ1v) is 6.83. The fourth-order valence-electron chi connectivity index (χ4n) is 3.63. The summed E-state index contributed by atoms with van der Waals surface area (Å²) in [4.78, 5) is 0. The second kappa shape index (κ2) is 5.19. The van der Waals surface area contributed by atoms with E-state index in [0.29, 0.717) is 12.0 Å². The molecular formula is C13H24F2N2.